The highest BCUT2D eigenvalue weighted by molar-refractivity contribution is 6.05. The lowest BCUT2D eigenvalue weighted by Gasteiger charge is -2.45. The Kier molecular flexibility index (Phi) is 3.64. The van der Waals surface area contributed by atoms with Crippen LogP contribution in [0.4, 0.5) is 18.9 Å². The SMILES string of the molecule is Cc1ccc(N2C(=O)C(N)C2c2ccc(C(F)(F)F)cc2)cc1. The molecule has 2 N–H and O–H groups in total. The van der Waals surface area contributed by atoms with Crippen molar-refractivity contribution in [2.75, 3.05) is 4.90 Å². The van der Waals surface area contributed by atoms with Crippen LogP contribution in [0.15, 0.2) is 48.5 Å². The first-order chi connectivity index (χ1) is 10.8. The number of benzene rings is 2. The third-order valence-corrected chi connectivity index (χ3v) is 4.03. The van der Waals surface area contributed by atoms with Crippen LogP contribution in [0, 0.1) is 6.92 Å². The normalized spacial score (nSPS) is 21.3. The molecule has 0 aliphatic carbocycles. The van der Waals surface area contributed by atoms with Crippen molar-refractivity contribution in [2.24, 2.45) is 5.73 Å². The van der Waals surface area contributed by atoms with Crippen LogP contribution in [0.2, 0.25) is 0 Å². The van der Waals surface area contributed by atoms with Crippen LogP contribution in [-0.2, 0) is 11.0 Å². The highest BCUT2D eigenvalue weighted by atomic mass is 19.4. The Hall–Kier alpha value is -2.34. The quantitative estimate of drug-likeness (QED) is 0.862. The maximum absolute atomic E-state index is 12.6. The number of anilines is 1. The van der Waals surface area contributed by atoms with Gasteiger partial charge in [-0.05, 0) is 36.8 Å². The smallest absolute Gasteiger partial charge is 0.318 e. The van der Waals surface area contributed by atoms with E-state index in [0.717, 1.165) is 17.7 Å². The lowest BCUT2D eigenvalue weighted by atomic mass is 9.88. The molecule has 0 radical (unpaired) electrons. The molecule has 1 aliphatic rings. The van der Waals surface area contributed by atoms with Crippen molar-refractivity contribution in [3.8, 4) is 0 Å². The van der Waals surface area contributed by atoms with E-state index in [9.17, 15) is 18.0 Å². The Morgan fingerprint density at radius 1 is 1.00 bits per heavy atom. The number of halogens is 3. The number of carbonyl (C=O) groups is 1. The molecule has 120 valence electrons. The fourth-order valence-corrected chi connectivity index (χ4v) is 2.73. The second-order valence-corrected chi connectivity index (χ2v) is 5.63. The average molecular weight is 320 g/mol. The zero-order chi connectivity index (χ0) is 16.8. The number of hydrogen-bond donors (Lipinski definition) is 1. The number of amides is 1. The van der Waals surface area contributed by atoms with E-state index in [0.29, 0.717) is 11.3 Å². The van der Waals surface area contributed by atoms with Crippen molar-refractivity contribution >= 4 is 11.6 Å². The summed E-state index contributed by atoms with van der Waals surface area (Å²) in [5, 5.41) is 0. The zero-order valence-corrected chi connectivity index (χ0v) is 12.3. The maximum atomic E-state index is 12.6. The van der Waals surface area contributed by atoms with Gasteiger partial charge in [0.1, 0.15) is 6.04 Å². The van der Waals surface area contributed by atoms with Gasteiger partial charge in [-0.15, -0.1) is 0 Å². The molecule has 2 unspecified atom stereocenters. The first kappa shape index (κ1) is 15.6. The van der Waals surface area contributed by atoms with Gasteiger partial charge < -0.3 is 10.6 Å². The largest absolute Gasteiger partial charge is 0.416 e. The van der Waals surface area contributed by atoms with Crippen LogP contribution >= 0.6 is 0 Å². The van der Waals surface area contributed by atoms with Crippen molar-refractivity contribution in [2.45, 2.75) is 25.2 Å². The lowest BCUT2D eigenvalue weighted by Crippen LogP contribution is -2.63. The van der Waals surface area contributed by atoms with Gasteiger partial charge in [-0.3, -0.25) is 4.79 Å². The van der Waals surface area contributed by atoms with E-state index < -0.39 is 23.8 Å². The predicted octanol–water partition coefficient (Wildman–Crippen LogP) is 3.43. The van der Waals surface area contributed by atoms with E-state index in [1.54, 1.807) is 12.1 Å². The van der Waals surface area contributed by atoms with E-state index in [2.05, 4.69) is 0 Å². The van der Waals surface area contributed by atoms with Crippen molar-refractivity contribution in [3.05, 3.63) is 65.2 Å². The number of aryl methyl sites for hydroxylation is 1. The highest BCUT2D eigenvalue weighted by Gasteiger charge is 2.46. The summed E-state index contributed by atoms with van der Waals surface area (Å²) >= 11 is 0. The fourth-order valence-electron chi connectivity index (χ4n) is 2.73. The average Bonchev–Trinajstić information content (AvgIpc) is 2.52. The molecule has 1 saturated heterocycles. The van der Waals surface area contributed by atoms with E-state index in [-0.39, 0.29) is 5.91 Å². The Bertz CT molecular complexity index is 723. The molecule has 1 amide bonds. The second-order valence-electron chi connectivity index (χ2n) is 5.63. The number of nitrogens with zero attached hydrogens (tertiary/aromatic N) is 1. The highest BCUT2D eigenvalue weighted by Crippen LogP contribution is 2.39. The first-order valence-corrected chi connectivity index (χ1v) is 7.11. The van der Waals surface area contributed by atoms with Gasteiger partial charge in [-0.1, -0.05) is 29.8 Å². The first-order valence-electron chi connectivity index (χ1n) is 7.11. The Morgan fingerprint density at radius 2 is 1.57 bits per heavy atom. The Labute approximate surface area is 131 Å². The third-order valence-electron chi connectivity index (χ3n) is 4.03. The van der Waals surface area contributed by atoms with Gasteiger partial charge in [0.15, 0.2) is 0 Å². The molecule has 6 heteroatoms. The summed E-state index contributed by atoms with van der Waals surface area (Å²) in [6, 6.07) is 10.9. The van der Waals surface area contributed by atoms with Gasteiger partial charge in [-0.25, -0.2) is 0 Å². The molecule has 0 aromatic heterocycles. The molecule has 0 saturated carbocycles. The standard InChI is InChI=1S/C17H15F3N2O/c1-10-2-8-13(9-3-10)22-15(14(21)16(22)23)11-4-6-12(7-5-11)17(18,19)20/h2-9,14-15H,21H2,1H3. The number of nitrogens with two attached hydrogens (primary N) is 1. The van der Waals surface area contributed by atoms with Gasteiger partial charge >= 0.3 is 6.18 Å². The van der Waals surface area contributed by atoms with Crippen LogP contribution in [0.1, 0.15) is 22.7 Å². The van der Waals surface area contributed by atoms with Crippen molar-refractivity contribution < 1.29 is 18.0 Å². The van der Waals surface area contributed by atoms with Gasteiger partial charge in [0.05, 0.1) is 11.6 Å². The second kappa shape index (κ2) is 5.38. The Morgan fingerprint density at radius 3 is 2.09 bits per heavy atom. The van der Waals surface area contributed by atoms with Crippen LogP contribution in [0.3, 0.4) is 0 Å². The summed E-state index contributed by atoms with van der Waals surface area (Å²) in [6.07, 6.45) is -4.38. The van der Waals surface area contributed by atoms with Gasteiger partial charge in [0, 0.05) is 5.69 Å². The monoisotopic (exact) mass is 320 g/mol. The maximum Gasteiger partial charge on any atom is 0.416 e. The summed E-state index contributed by atoms with van der Waals surface area (Å²) in [6.45, 7) is 1.93. The molecule has 23 heavy (non-hydrogen) atoms. The molecule has 1 fully saturated rings. The minimum atomic E-state index is -4.38. The Balaban J connectivity index is 1.91. The van der Waals surface area contributed by atoms with E-state index in [1.165, 1.54) is 17.0 Å². The molecule has 0 bridgehead atoms. The van der Waals surface area contributed by atoms with Gasteiger partial charge in [0.2, 0.25) is 5.91 Å². The molecule has 1 aliphatic heterocycles. The molecule has 3 rings (SSSR count). The summed E-state index contributed by atoms with van der Waals surface area (Å²) in [4.78, 5) is 13.6. The number of carbonyl (C=O) groups excluding carboxylic acids is 1. The molecular weight excluding hydrogens is 305 g/mol. The molecule has 2 atom stereocenters. The van der Waals surface area contributed by atoms with Crippen LogP contribution in [0.25, 0.3) is 0 Å². The van der Waals surface area contributed by atoms with E-state index in [1.807, 2.05) is 19.1 Å². The van der Waals surface area contributed by atoms with Gasteiger partial charge in [-0.2, -0.15) is 13.2 Å². The number of rotatable bonds is 2. The fraction of sp³-hybridized carbons (Fsp3) is 0.235. The number of alkyl halides is 3. The van der Waals surface area contributed by atoms with Crippen LogP contribution in [-0.4, -0.2) is 11.9 Å². The lowest BCUT2D eigenvalue weighted by molar-refractivity contribution is -0.137. The molecule has 2 aromatic carbocycles. The number of hydrogen-bond acceptors (Lipinski definition) is 2. The summed E-state index contributed by atoms with van der Waals surface area (Å²) < 4.78 is 37.9. The predicted molar refractivity (Wildman–Crippen MR) is 80.8 cm³/mol. The zero-order valence-electron chi connectivity index (χ0n) is 12.3. The molecular formula is C17H15F3N2O. The summed E-state index contributed by atoms with van der Waals surface area (Å²) in [5.41, 5.74) is 7.47. The molecule has 3 nitrogen and oxygen atoms in total. The van der Waals surface area contributed by atoms with Crippen molar-refractivity contribution in [1.82, 2.24) is 0 Å². The minimum Gasteiger partial charge on any atom is -0.318 e. The minimum absolute atomic E-state index is 0.237. The van der Waals surface area contributed by atoms with Crippen molar-refractivity contribution in [3.63, 3.8) is 0 Å². The molecule has 1 heterocycles. The summed E-state index contributed by atoms with van der Waals surface area (Å²) in [5.74, 6) is -0.237. The van der Waals surface area contributed by atoms with Crippen molar-refractivity contribution in [1.29, 1.82) is 0 Å². The topological polar surface area (TPSA) is 46.3 Å². The molecule has 2 aromatic rings. The number of β-lactam (4-membered cyclic amide) rings is 1. The third kappa shape index (κ3) is 2.70. The van der Waals surface area contributed by atoms with Crippen LogP contribution < -0.4 is 10.6 Å². The summed E-state index contributed by atoms with van der Waals surface area (Å²) in [7, 11) is 0. The van der Waals surface area contributed by atoms with E-state index in [4.69, 9.17) is 5.73 Å². The van der Waals surface area contributed by atoms with E-state index >= 15 is 0 Å². The molecule has 0 spiro atoms. The van der Waals surface area contributed by atoms with Crippen LogP contribution in [0.5, 0.6) is 0 Å². The van der Waals surface area contributed by atoms with Gasteiger partial charge in [0.25, 0.3) is 0 Å².